The number of nitro groups is 1. The maximum atomic E-state index is 12.5. The van der Waals surface area contributed by atoms with Crippen LogP contribution < -0.4 is 5.32 Å². The number of aromatic nitrogens is 1. The van der Waals surface area contributed by atoms with Crippen LogP contribution in [0.25, 0.3) is 21.0 Å². The first-order chi connectivity index (χ1) is 12.5. The second kappa shape index (κ2) is 6.36. The van der Waals surface area contributed by atoms with Crippen molar-refractivity contribution in [3.63, 3.8) is 0 Å². The van der Waals surface area contributed by atoms with E-state index in [0.717, 1.165) is 27.1 Å². The van der Waals surface area contributed by atoms with Crippen LogP contribution >= 0.6 is 22.9 Å². The Morgan fingerprint density at radius 2 is 1.96 bits per heavy atom. The quantitative estimate of drug-likeness (QED) is 0.386. The molecule has 0 aliphatic heterocycles. The molecule has 0 saturated heterocycles. The number of nitrogens with one attached hydrogen (secondary N) is 1. The molecule has 1 heterocycles. The Bertz CT molecular complexity index is 1190. The number of rotatable bonds is 3. The molecule has 8 heteroatoms. The number of hydrogen-bond donors (Lipinski definition) is 1. The fourth-order valence-electron chi connectivity index (χ4n) is 2.68. The number of carbonyl (C=O) groups excluding carboxylic acids is 1. The van der Waals surface area contributed by atoms with Gasteiger partial charge in [-0.25, -0.2) is 4.98 Å². The summed E-state index contributed by atoms with van der Waals surface area (Å²) in [6, 6.07) is 15.5. The molecule has 0 saturated carbocycles. The van der Waals surface area contributed by atoms with Crippen LogP contribution in [0.15, 0.2) is 54.6 Å². The number of halogens is 1. The fourth-order valence-corrected chi connectivity index (χ4v) is 3.76. The van der Waals surface area contributed by atoms with Crippen molar-refractivity contribution in [1.29, 1.82) is 0 Å². The molecule has 0 spiro atoms. The maximum Gasteiger partial charge on any atom is 0.270 e. The molecule has 0 atom stereocenters. The van der Waals surface area contributed by atoms with Crippen LogP contribution in [-0.2, 0) is 0 Å². The van der Waals surface area contributed by atoms with Gasteiger partial charge in [0.2, 0.25) is 0 Å². The van der Waals surface area contributed by atoms with Crippen LogP contribution in [0.4, 0.5) is 10.8 Å². The number of amides is 1. The summed E-state index contributed by atoms with van der Waals surface area (Å²) >= 11 is 7.35. The summed E-state index contributed by atoms with van der Waals surface area (Å²) in [6.45, 7) is 0. The summed E-state index contributed by atoms with van der Waals surface area (Å²) in [4.78, 5) is 27.3. The van der Waals surface area contributed by atoms with E-state index in [4.69, 9.17) is 11.6 Å². The number of benzene rings is 3. The van der Waals surface area contributed by atoms with Gasteiger partial charge in [-0.05, 0) is 17.5 Å². The molecule has 4 rings (SSSR count). The third kappa shape index (κ3) is 2.87. The highest BCUT2D eigenvalue weighted by Crippen LogP contribution is 2.32. The lowest BCUT2D eigenvalue weighted by Crippen LogP contribution is -2.12. The van der Waals surface area contributed by atoms with E-state index in [1.54, 1.807) is 0 Å². The van der Waals surface area contributed by atoms with Gasteiger partial charge >= 0.3 is 0 Å². The third-order valence-electron chi connectivity index (χ3n) is 3.91. The second-order valence-corrected chi connectivity index (χ2v) is 6.97. The molecule has 0 aliphatic rings. The SMILES string of the molecule is O=C(Nc1nc2c(ccc3ccccc32)s1)c1cc([N+](=O)[O-])ccc1Cl. The molecule has 0 fully saturated rings. The highest BCUT2D eigenvalue weighted by molar-refractivity contribution is 7.22. The summed E-state index contributed by atoms with van der Waals surface area (Å²) in [6.07, 6.45) is 0. The highest BCUT2D eigenvalue weighted by atomic mass is 35.5. The predicted molar refractivity (Wildman–Crippen MR) is 103 cm³/mol. The van der Waals surface area contributed by atoms with Crippen LogP contribution in [-0.4, -0.2) is 15.8 Å². The zero-order chi connectivity index (χ0) is 18.3. The van der Waals surface area contributed by atoms with E-state index >= 15 is 0 Å². The molecule has 26 heavy (non-hydrogen) atoms. The van der Waals surface area contributed by atoms with Crippen LogP contribution in [0.1, 0.15) is 10.4 Å². The van der Waals surface area contributed by atoms with Crippen molar-refractivity contribution in [2.24, 2.45) is 0 Å². The molecular weight excluding hydrogens is 374 g/mol. The fraction of sp³-hybridized carbons (Fsp3) is 0. The number of thiazole rings is 1. The summed E-state index contributed by atoms with van der Waals surface area (Å²) in [7, 11) is 0. The normalized spacial score (nSPS) is 11.0. The molecule has 3 aromatic carbocycles. The zero-order valence-corrected chi connectivity index (χ0v) is 14.7. The molecule has 1 amide bonds. The average molecular weight is 384 g/mol. The summed E-state index contributed by atoms with van der Waals surface area (Å²) in [5.41, 5.74) is 0.633. The molecule has 0 bridgehead atoms. The zero-order valence-electron chi connectivity index (χ0n) is 13.1. The molecule has 0 radical (unpaired) electrons. The van der Waals surface area contributed by atoms with Crippen molar-refractivity contribution in [1.82, 2.24) is 4.98 Å². The number of hydrogen-bond acceptors (Lipinski definition) is 5. The van der Waals surface area contributed by atoms with Crippen LogP contribution in [0.5, 0.6) is 0 Å². The Morgan fingerprint density at radius 3 is 2.77 bits per heavy atom. The number of anilines is 1. The second-order valence-electron chi connectivity index (χ2n) is 5.53. The topological polar surface area (TPSA) is 85.1 Å². The molecule has 1 N–H and O–H groups in total. The van der Waals surface area contributed by atoms with Gasteiger partial charge in [-0.1, -0.05) is 53.3 Å². The molecule has 0 unspecified atom stereocenters. The molecule has 6 nitrogen and oxygen atoms in total. The van der Waals surface area contributed by atoms with E-state index < -0.39 is 10.8 Å². The molecule has 4 aromatic rings. The van der Waals surface area contributed by atoms with E-state index in [1.165, 1.54) is 23.5 Å². The number of nitro benzene ring substituents is 1. The van der Waals surface area contributed by atoms with Gasteiger partial charge in [0.15, 0.2) is 5.13 Å². The monoisotopic (exact) mass is 383 g/mol. The Balaban J connectivity index is 1.71. The highest BCUT2D eigenvalue weighted by Gasteiger charge is 2.17. The lowest BCUT2D eigenvalue weighted by molar-refractivity contribution is -0.384. The van der Waals surface area contributed by atoms with E-state index in [2.05, 4.69) is 10.3 Å². The smallest absolute Gasteiger partial charge is 0.270 e. The Kier molecular flexibility index (Phi) is 4.02. The number of non-ortho nitro benzene ring substituents is 1. The van der Waals surface area contributed by atoms with Crippen molar-refractivity contribution in [2.75, 3.05) is 5.32 Å². The van der Waals surface area contributed by atoms with E-state index in [-0.39, 0.29) is 16.3 Å². The van der Waals surface area contributed by atoms with Crippen LogP contribution in [0, 0.1) is 10.1 Å². The lowest BCUT2D eigenvalue weighted by Gasteiger charge is -2.03. The van der Waals surface area contributed by atoms with Crippen LogP contribution in [0.2, 0.25) is 5.02 Å². The number of fused-ring (bicyclic) bond motifs is 3. The van der Waals surface area contributed by atoms with Crippen molar-refractivity contribution in [3.05, 3.63) is 75.3 Å². The number of carbonyl (C=O) groups is 1. The van der Waals surface area contributed by atoms with E-state index in [1.807, 2.05) is 36.4 Å². The van der Waals surface area contributed by atoms with Gasteiger partial charge in [0.25, 0.3) is 11.6 Å². The van der Waals surface area contributed by atoms with Gasteiger partial charge in [0, 0.05) is 17.5 Å². The first-order valence-corrected chi connectivity index (χ1v) is 8.76. The number of nitrogens with zero attached hydrogens (tertiary/aromatic N) is 2. The Hall–Kier alpha value is -3.03. The first kappa shape index (κ1) is 16.4. The molecule has 1 aromatic heterocycles. The first-order valence-electron chi connectivity index (χ1n) is 7.56. The van der Waals surface area contributed by atoms with Gasteiger partial charge in [0.05, 0.1) is 25.7 Å². The Labute approximate surface area is 156 Å². The minimum absolute atomic E-state index is 0.0324. The lowest BCUT2D eigenvalue weighted by atomic mass is 10.1. The molecule has 0 aliphatic carbocycles. The van der Waals surface area contributed by atoms with Gasteiger partial charge < -0.3 is 0 Å². The molecule has 128 valence electrons. The minimum Gasteiger partial charge on any atom is -0.298 e. The van der Waals surface area contributed by atoms with Crippen molar-refractivity contribution in [2.45, 2.75) is 0 Å². The predicted octanol–water partition coefficient (Wildman–Crippen LogP) is 5.26. The minimum atomic E-state index is -0.572. The maximum absolute atomic E-state index is 12.5. The van der Waals surface area contributed by atoms with Crippen molar-refractivity contribution >= 4 is 60.7 Å². The van der Waals surface area contributed by atoms with Gasteiger partial charge in [-0.15, -0.1) is 0 Å². The van der Waals surface area contributed by atoms with Crippen molar-refractivity contribution < 1.29 is 9.72 Å². The van der Waals surface area contributed by atoms with E-state index in [9.17, 15) is 14.9 Å². The Morgan fingerprint density at radius 1 is 1.15 bits per heavy atom. The van der Waals surface area contributed by atoms with Gasteiger partial charge in [-0.3, -0.25) is 20.2 Å². The largest absolute Gasteiger partial charge is 0.298 e. The van der Waals surface area contributed by atoms with Gasteiger partial charge in [0.1, 0.15) is 0 Å². The summed E-state index contributed by atoms with van der Waals surface area (Å²) < 4.78 is 0.934. The standard InChI is InChI=1S/C18H10ClN3O3S/c19-14-7-6-11(22(24)25)9-13(14)17(23)21-18-20-16-12-4-2-1-3-10(12)5-8-15(16)26-18/h1-9H,(H,20,21,23). The molecular formula is C18H10ClN3O3S. The summed E-state index contributed by atoms with van der Waals surface area (Å²) in [5, 5.41) is 16.2. The van der Waals surface area contributed by atoms with Crippen molar-refractivity contribution in [3.8, 4) is 0 Å². The van der Waals surface area contributed by atoms with E-state index in [0.29, 0.717) is 5.13 Å². The van der Waals surface area contributed by atoms with Gasteiger partial charge in [-0.2, -0.15) is 0 Å². The van der Waals surface area contributed by atoms with Crippen LogP contribution in [0.3, 0.4) is 0 Å². The third-order valence-corrected chi connectivity index (χ3v) is 5.18. The summed E-state index contributed by atoms with van der Waals surface area (Å²) in [5.74, 6) is -0.540. The average Bonchev–Trinajstić information content (AvgIpc) is 3.04.